The molecule has 1 unspecified atom stereocenters. The van der Waals surface area contributed by atoms with Gasteiger partial charge in [0.1, 0.15) is 0 Å². The summed E-state index contributed by atoms with van der Waals surface area (Å²) in [7, 11) is 0. The number of anilines is 1. The van der Waals surface area contributed by atoms with Gasteiger partial charge in [-0.2, -0.15) is 0 Å². The van der Waals surface area contributed by atoms with Crippen LogP contribution in [0.15, 0.2) is 12.1 Å². The number of quaternary nitrogens is 1. The third-order valence-corrected chi connectivity index (χ3v) is 5.05. The number of hydrogen-bond acceptors (Lipinski definition) is 1. The Labute approximate surface area is 165 Å². The predicted molar refractivity (Wildman–Crippen MR) is 90.9 cm³/mol. The maximum atomic E-state index is 12.7. The number of nitrogens with zero attached hydrogens (tertiary/aromatic N) is 1. The number of rotatable bonds is 6. The molecule has 121 valence electrons. The Hall–Kier alpha value is 0.0439. The van der Waals surface area contributed by atoms with Crippen LogP contribution in [0.1, 0.15) is 38.8 Å². The summed E-state index contributed by atoms with van der Waals surface area (Å²) < 4.78 is 0.803. The molecule has 22 heavy (non-hydrogen) atoms. The maximum Gasteiger partial charge on any atom is 0.282 e. The van der Waals surface area contributed by atoms with E-state index in [-0.39, 0.29) is 44.7 Å². The Bertz CT molecular complexity index is 484. The Morgan fingerprint density at radius 2 is 1.55 bits per heavy atom. The smallest absolute Gasteiger partial charge is 0.282 e. The van der Waals surface area contributed by atoms with Crippen molar-refractivity contribution in [2.75, 3.05) is 25.0 Å². The van der Waals surface area contributed by atoms with Gasteiger partial charge >= 0.3 is 0 Å². The van der Waals surface area contributed by atoms with Crippen LogP contribution >= 0.6 is 11.6 Å². The number of nitrogens with one attached hydrogen (secondary N) is 1. The Kier molecular flexibility index (Phi) is 9.39. The van der Waals surface area contributed by atoms with Gasteiger partial charge in [-0.05, 0) is 64.8 Å². The monoisotopic (exact) mass is 400 g/mol. The van der Waals surface area contributed by atoms with E-state index in [9.17, 15) is 4.79 Å². The van der Waals surface area contributed by atoms with Crippen molar-refractivity contribution in [1.29, 1.82) is 0 Å². The van der Waals surface area contributed by atoms with Crippen LogP contribution in [0.5, 0.6) is 0 Å². The summed E-state index contributed by atoms with van der Waals surface area (Å²) in [5.41, 5.74) is 2.89. The first-order valence-electron chi connectivity index (χ1n) is 7.74. The van der Waals surface area contributed by atoms with Gasteiger partial charge in [-0.3, -0.25) is 4.79 Å². The number of hydrogen-bond donors (Lipinski definition) is 1. The topological polar surface area (TPSA) is 29.1 Å². The molecule has 1 N–H and O–H groups in total. The normalized spacial score (nSPS) is 12.5. The van der Waals surface area contributed by atoms with E-state index in [1.807, 2.05) is 32.9 Å². The van der Waals surface area contributed by atoms with Crippen molar-refractivity contribution in [2.45, 2.75) is 47.6 Å². The fourth-order valence-corrected chi connectivity index (χ4v) is 3.40. The summed E-state index contributed by atoms with van der Waals surface area (Å²) in [6.07, 6.45) is 0. The summed E-state index contributed by atoms with van der Waals surface area (Å²) in [6, 6.07) is 3.70. The van der Waals surface area contributed by atoms with E-state index >= 15 is 0 Å². The molecular weight excluding hydrogens is 373 g/mol. The van der Waals surface area contributed by atoms with Crippen LogP contribution in [0.2, 0.25) is 5.02 Å². The third-order valence-electron chi connectivity index (χ3n) is 4.84. The van der Waals surface area contributed by atoms with E-state index in [4.69, 9.17) is 11.6 Å². The van der Waals surface area contributed by atoms with Gasteiger partial charge in [0.2, 0.25) is 0 Å². The molecule has 1 aromatic carbocycles. The minimum atomic E-state index is -0.0699. The van der Waals surface area contributed by atoms with Gasteiger partial charge in [0.15, 0.2) is 6.04 Å². The van der Waals surface area contributed by atoms with E-state index in [0.717, 1.165) is 40.9 Å². The van der Waals surface area contributed by atoms with Crippen molar-refractivity contribution in [1.82, 2.24) is 0 Å². The second kappa shape index (κ2) is 9.37. The summed E-state index contributed by atoms with van der Waals surface area (Å²) in [4.78, 5) is 12.7. The Balaban J connectivity index is 0.00000441. The number of carbonyl (C=O) groups excluding carboxylic acids is 1. The second-order valence-electron chi connectivity index (χ2n) is 5.75. The molecule has 1 atom stereocenters. The number of amides is 1. The fraction of sp³-hybridized carbons (Fsp3) is 0.588. The zero-order valence-corrected chi connectivity index (χ0v) is 18.3. The molecule has 0 saturated heterocycles. The van der Waals surface area contributed by atoms with Crippen LogP contribution in [0, 0.1) is 13.8 Å². The Morgan fingerprint density at radius 3 is 1.91 bits per heavy atom. The van der Waals surface area contributed by atoms with Crippen LogP contribution in [-0.4, -0.2) is 36.1 Å². The molecular formula is C17H28ClN2OY+. The first kappa shape index (κ1) is 22.0. The molecule has 1 aromatic rings. The van der Waals surface area contributed by atoms with E-state index in [2.05, 4.69) is 26.1 Å². The van der Waals surface area contributed by atoms with Crippen molar-refractivity contribution in [3.63, 3.8) is 0 Å². The molecule has 0 aliphatic carbocycles. The van der Waals surface area contributed by atoms with Crippen LogP contribution in [0.4, 0.5) is 5.69 Å². The number of benzene rings is 1. The average Bonchev–Trinajstić information content (AvgIpc) is 2.44. The number of aryl methyl sites for hydroxylation is 2. The summed E-state index contributed by atoms with van der Waals surface area (Å²) in [5, 5.41) is 3.81. The van der Waals surface area contributed by atoms with Crippen LogP contribution in [0.25, 0.3) is 0 Å². The molecule has 0 aliphatic heterocycles. The second-order valence-corrected chi connectivity index (χ2v) is 6.18. The van der Waals surface area contributed by atoms with Gasteiger partial charge in [-0.1, -0.05) is 11.6 Å². The SMILES string of the molecule is CC[N+](CC)(CC)C(C)C(=O)Nc1c(C)cc(Cl)cc1C.[Y]. The van der Waals surface area contributed by atoms with E-state index < -0.39 is 0 Å². The van der Waals surface area contributed by atoms with Crippen LogP contribution in [-0.2, 0) is 37.5 Å². The van der Waals surface area contributed by atoms with Crippen molar-refractivity contribution >= 4 is 23.2 Å². The first-order chi connectivity index (χ1) is 9.81. The third kappa shape index (κ3) is 4.77. The van der Waals surface area contributed by atoms with Crippen molar-refractivity contribution in [3.8, 4) is 0 Å². The number of carbonyl (C=O) groups is 1. The molecule has 0 aliphatic rings. The van der Waals surface area contributed by atoms with E-state index in [1.54, 1.807) is 0 Å². The molecule has 0 bridgehead atoms. The number of likely N-dealkylation sites (N-methyl/N-ethyl adjacent to an activating group) is 1. The van der Waals surface area contributed by atoms with Gasteiger partial charge in [-0.25, -0.2) is 0 Å². The zero-order chi connectivity index (χ0) is 16.2. The van der Waals surface area contributed by atoms with Crippen molar-refractivity contribution in [2.24, 2.45) is 0 Å². The van der Waals surface area contributed by atoms with Crippen LogP contribution in [0.3, 0.4) is 0 Å². The van der Waals surface area contributed by atoms with Gasteiger partial charge < -0.3 is 9.80 Å². The van der Waals surface area contributed by atoms with E-state index in [1.165, 1.54) is 0 Å². The van der Waals surface area contributed by atoms with E-state index in [0.29, 0.717) is 5.02 Å². The fourth-order valence-electron chi connectivity index (χ4n) is 3.08. The minimum Gasteiger partial charge on any atom is -0.320 e. The van der Waals surface area contributed by atoms with Gasteiger partial charge in [0, 0.05) is 43.4 Å². The zero-order valence-electron chi connectivity index (χ0n) is 14.7. The molecule has 1 rings (SSSR count). The summed E-state index contributed by atoms with van der Waals surface area (Å²) >= 11 is 6.05. The summed E-state index contributed by atoms with van der Waals surface area (Å²) in [5.74, 6) is 0.0778. The van der Waals surface area contributed by atoms with Crippen molar-refractivity contribution < 1.29 is 42.0 Å². The maximum absolute atomic E-state index is 12.7. The van der Waals surface area contributed by atoms with Crippen LogP contribution < -0.4 is 5.32 Å². The predicted octanol–water partition coefficient (Wildman–Crippen LogP) is 4.16. The molecule has 0 fully saturated rings. The average molecular weight is 401 g/mol. The Morgan fingerprint density at radius 1 is 1.14 bits per heavy atom. The molecule has 1 amide bonds. The van der Waals surface area contributed by atoms with Gasteiger partial charge in [-0.15, -0.1) is 0 Å². The first-order valence-corrected chi connectivity index (χ1v) is 8.12. The standard InChI is InChI=1S/C17H27ClN2O.Y/c1-7-20(8-2,9-3)14(6)17(21)19-16-12(4)10-15(18)11-13(16)5;/h10-11,14H,7-9H2,1-6H3;/p+1. The molecule has 0 heterocycles. The molecule has 3 nitrogen and oxygen atoms in total. The number of halogens is 1. The quantitative estimate of drug-likeness (QED) is 0.714. The molecule has 0 saturated carbocycles. The van der Waals surface area contributed by atoms with Gasteiger partial charge in [0.25, 0.3) is 5.91 Å². The molecule has 0 aromatic heterocycles. The largest absolute Gasteiger partial charge is 0.320 e. The minimum absolute atomic E-state index is 0. The molecule has 5 heteroatoms. The molecule has 1 radical (unpaired) electrons. The van der Waals surface area contributed by atoms with Crippen molar-refractivity contribution in [3.05, 3.63) is 28.3 Å². The summed E-state index contributed by atoms with van der Waals surface area (Å²) in [6.45, 7) is 15.3. The molecule has 0 spiro atoms. The van der Waals surface area contributed by atoms with Gasteiger partial charge in [0.05, 0.1) is 19.6 Å².